The maximum absolute atomic E-state index is 12.1. The molecule has 0 radical (unpaired) electrons. The van der Waals surface area contributed by atoms with Crippen LogP contribution in [0.2, 0.25) is 0 Å². The van der Waals surface area contributed by atoms with Crippen LogP contribution < -0.4 is 10.6 Å². The van der Waals surface area contributed by atoms with Crippen LogP contribution in [0.15, 0.2) is 18.3 Å². The largest absolute Gasteiger partial charge is 0.348 e. The Morgan fingerprint density at radius 3 is 2.48 bits per heavy atom. The van der Waals surface area contributed by atoms with Crippen LogP contribution in [0.1, 0.15) is 43.6 Å². The highest BCUT2D eigenvalue weighted by molar-refractivity contribution is 6.39. The van der Waals surface area contributed by atoms with Crippen molar-refractivity contribution in [1.29, 1.82) is 0 Å². The first kappa shape index (κ1) is 22.8. The van der Waals surface area contributed by atoms with Gasteiger partial charge in [0.15, 0.2) is 0 Å². The molecule has 0 bridgehead atoms. The molecule has 1 aromatic rings. The first-order chi connectivity index (χ1) is 13.8. The average molecular weight is 404 g/mol. The first-order valence-corrected chi connectivity index (χ1v) is 10.3. The number of piperidine rings is 1. The molecule has 1 fully saturated rings. The van der Waals surface area contributed by atoms with E-state index in [1.54, 1.807) is 14.1 Å². The van der Waals surface area contributed by atoms with E-state index in [4.69, 9.17) is 0 Å². The summed E-state index contributed by atoms with van der Waals surface area (Å²) in [6.07, 6.45) is 4.53. The Morgan fingerprint density at radius 2 is 1.83 bits per heavy atom. The molecule has 1 saturated heterocycles. The van der Waals surface area contributed by atoms with Crippen molar-refractivity contribution in [3.8, 4) is 0 Å². The van der Waals surface area contributed by atoms with Gasteiger partial charge < -0.3 is 20.4 Å². The van der Waals surface area contributed by atoms with Gasteiger partial charge in [0.05, 0.1) is 0 Å². The minimum atomic E-state index is -0.752. The van der Waals surface area contributed by atoms with E-state index >= 15 is 0 Å². The zero-order chi connectivity index (χ0) is 21.4. The third-order valence-corrected chi connectivity index (χ3v) is 4.98. The molecular weight excluding hydrogens is 370 g/mol. The van der Waals surface area contributed by atoms with E-state index < -0.39 is 11.8 Å². The highest BCUT2D eigenvalue weighted by atomic mass is 16.2. The summed E-state index contributed by atoms with van der Waals surface area (Å²) in [6, 6.07) is 2.99. The molecular formula is C21H33N5O3. The van der Waals surface area contributed by atoms with E-state index in [1.807, 2.05) is 0 Å². The molecule has 8 nitrogen and oxygen atoms in total. The lowest BCUT2D eigenvalue weighted by Crippen LogP contribution is -2.39. The van der Waals surface area contributed by atoms with Crippen molar-refractivity contribution in [2.45, 2.75) is 33.1 Å². The Labute approximate surface area is 173 Å². The lowest BCUT2D eigenvalue weighted by atomic mass is 9.92. The van der Waals surface area contributed by atoms with Gasteiger partial charge in [0.1, 0.15) is 5.69 Å². The highest BCUT2D eigenvalue weighted by Gasteiger charge is 2.21. The van der Waals surface area contributed by atoms with Gasteiger partial charge in [-0.2, -0.15) is 0 Å². The Morgan fingerprint density at radius 1 is 1.14 bits per heavy atom. The van der Waals surface area contributed by atoms with Gasteiger partial charge in [0.2, 0.25) is 0 Å². The van der Waals surface area contributed by atoms with E-state index in [1.165, 1.54) is 29.7 Å². The van der Waals surface area contributed by atoms with Crippen LogP contribution in [0.4, 0.5) is 5.69 Å². The maximum Gasteiger partial charge on any atom is 0.313 e. The number of pyridine rings is 1. The van der Waals surface area contributed by atoms with E-state index in [9.17, 15) is 14.4 Å². The number of anilines is 1. The monoisotopic (exact) mass is 403 g/mol. The molecule has 2 atom stereocenters. The van der Waals surface area contributed by atoms with Crippen LogP contribution in [0.3, 0.4) is 0 Å². The molecule has 2 N–H and O–H groups in total. The van der Waals surface area contributed by atoms with Crippen LogP contribution in [-0.4, -0.2) is 72.8 Å². The molecule has 2 heterocycles. The fourth-order valence-electron chi connectivity index (χ4n) is 3.76. The lowest BCUT2D eigenvalue weighted by molar-refractivity contribution is -0.136. The number of hydrogen-bond acceptors (Lipinski definition) is 5. The molecule has 1 aromatic heterocycles. The molecule has 2 rings (SSSR count). The molecule has 0 saturated carbocycles. The Balaban J connectivity index is 1.69. The van der Waals surface area contributed by atoms with Crippen molar-refractivity contribution in [3.05, 3.63) is 24.0 Å². The summed E-state index contributed by atoms with van der Waals surface area (Å²) in [5.74, 6) is -0.226. The molecule has 1 aliphatic rings. The van der Waals surface area contributed by atoms with E-state index in [0.29, 0.717) is 12.2 Å². The molecule has 8 heteroatoms. The zero-order valence-corrected chi connectivity index (χ0v) is 17.9. The van der Waals surface area contributed by atoms with Crippen molar-refractivity contribution in [1.82, 2.24) is 20.1 Å². The van der Waals surface area contributed by atoms with Crippen LogP contribution in [-0.2, 0) is 9.59 Å². The third kappa shape index (κ3) is 7.45. The second kappa shape index (κ2) is 10.9. The topological polar surface area (TPSA) is 94.6 Å². The Bertz CT molecular complexity index is 712. The fraction of sp³-hybridized carbons (Fsp3) is 0.619. The number of nitrogens with one attached hydrogen (secondary N) is 2. The number of carbonyl (C=O) groups excluding carboxylic acids is 3. The number of hydrogen-bond donors (Lipinski definition) is 2. The van der Waals surface area contributed by atoms with Gasteiger partial charge in [0.25, 0.3) is 5.91 Å². The van der Waals surface area contributed by atoms with Crippen molar-refractivity contribution < 1.29 is 14.4 Å². The smallest absolute Gasteiger partial charge is 0.313 e. The molecule has 0 spiro atoms. The molecule has 3 amide bonds. The van der Waals surface area contributed by atoms with Crippen LogP contribution >= 0.6 is 0 Å². The highest BCUT2D eigenvalue weighted by Crippen LogP contribution is 2.20. The van der Waals surface area contributed by atoms with Crippen LogP contribution in [0.25, 0.3) is 0 Å². The van der Waals surface area contributed by atoms with Crippen molar-refractivity contribution in [2.24, 2.45) is 11.8 Å². The molecule has 0 unspecified atom stereocenters. The maximum atomic E-state index is 12.1. The number of carbonyl (C=O) groups is 3. The lowest BCUT2D eigenvalue weighted by Gasteiger charge is -2.34. The summed E-state index contributed by atoms with van der Waals surface area (Å²) in [7, 11) is 3.24. The number of amides is 3. The molecule has 160 valence electrons. The average Bonchev–Trinajstić information content (AvgIpc) is 2.66. The second-order valence-corrected chi connectivity index (χ2v) is 8.25. The quantitative estimate of drug-likeness (QED) is 0.533. The first-order valence-electron chi connectivity index (χ1n) is 10.3. The Kier molecular flexibility index (Phi) is 8.57. The predicted octanol–water partition coefficient (Wildman–Crippen LogP) is 1.60. The normalized spacial score (nSPS) is 19.4. The molecule has 1 aliphatic heterocycles. The summed E-state index contributed by atoms with van der Waals surface area (Å²) in [4.78, 5) is 43.9. The van der Waals surface area contributed by atoms with Crippen molar-refractivity contribution in [2.75, 3.05) is 45.6 Å². The molecule has 0 aliphatic carbocycles. The Hall–Kier alpha value is -2.48. The van der Waals surface area contributed by atoms with Gasteiger partial charge >= 0.3 is 11.8 Å². The van der Waals surface area contributed by atoms with Gasteiger partial charge in [0, 0.05) is 45.6 Å². The predicted molar refractivity (Wildman–Crippen MR) is 113 cm³/mol. The summed E-state index contributed by atoms with van der Waals surface area (Å²) in [5, 5.41) is 5.16. The van der Waals surface area contributed by atoms with Crippen LogP contribution in [0, 0.1) is 11.8 Å². The van der Waals surface area contributed by atoms with Gasteiger partial charge in [-0.3, -0.25) is 19.4 Å². The van der Waals surface area contributed by atoms with Gasteiger partial charge in [-0.1, -0.05) is 13.8 Å². The number of nitrogens with zero attached hydrogens (tertiary/aromatic N) is 3. The van der Waals surface area contributed by atoms with Gasteiger partial charge in [-0.15, -0.1) is 0 Å². The van der Waals surface area contributed by atoms with Crippen molar-refractivity contribution in [3.63, 3.8) is 0 Å². The second-order valence-electron chi connectivity index (χ2n) is 8.25. The van der Waals surface area contributed by atoms with Gasteiger partial charge in [-0.25, -0.2) is 0 Å². The van der Waals surface area contributed by atoms with Crippen LogP contribution in [0.5, 0.6) is 0 Å². The number of rotatable bonds is 7. The van der Waals surface area contributed by atoms with E-state index in [0.717, 1.165) is 44.3 Å². The van der Waals surface area contributed by atoms with E-state index in [-0.39, 0.29) is 11.6 Å². The molecule has 29 heavy (non-hydrogen) atoms. The minimum Gasteiger partial charge on any atom is -0.348 e. The summed E-state index contributed by atoms with van der Waals surface area (Å²) < 4.78 is 0. The van der Waals surface area contributed by atoms with Gasteiger partial charge in [-0.05, 0) is 49.8 Å². The standard InChI is InChI=1S/C21H33N5O3/c1-15-11-16(2)14-26(13-15)10-6-5-8-23-19(27)20(28)24-17-7-9-22-18(12-17)21(29)25(3)4/h7,9,12,15-16H,5-6,8,10-11,13-14H2,1-4H3,(H,23,27)(H,22,24,28)/t15-,16-/m1/s1. The fourth-order valence-corrected chi connectivity index (χ4v) is 3.76. The SMILES string of the molecule is C[C@@H]1C[C@@H](C)CN(CCCCNC(=O)C(=O)Nc2ccnc(C(=O)N(C)C)c2)C1. The number of unbranched alkanes of at least 4 members (excludes halogenated alkanes) is 1. The summed E-state index contributed by atoms with van der Waals surface area (Å²) in [5.41, 5.74) is 0.563. The number of likely N-dealkylation sites (tertiary alicyclic amines) is 1. The molecule has 0 aromatic carbocycles. The third-order valence-electron chi connectivity index (χ3n) is 4.98. The number of aromatic nitrogens is 1. The van der Waals surface area contributed by atoms with E-state index in [2.05, 4.69) is 34.4 Å². The summed E-state index contributed by atoms with van der Waals surface area (Å²) in [6.45, 7) is 8.36. The van der Waals surface area contributed by atoms with Crippen molar-refractivity contribution >= 4 is 23.4 Å². The zero-order valence-electron chi connectivity index (χ0n) is 17.9. The summed E-state index contributed by atoms with van der Waals surface area (Å²) >= 11 is 0. The minimum absolute atomic E-state index is 0.203.